The van der Waals surface area contributed by atoms with Crippen molar-refractivity contribution in [2.24, 2.45) is 0 Å². The van der Waals surface area contributed by atoms with Gasteiger partial charge < -0.3 is 9.73 Å². The average molecular weight is 243 g/mol. The summed E-state index contributed by atoms with van der Waals surface area (Å²) in [6, 6.07) is 11.0. The molecule has 1 heterocycles. The van der Waals surface area contributed by atoms with Crippen LogP contribution in [0.2, 0.25) is 0 Å². The van der Waals surface area contributed by atoms with Crippen LogP contribution in [0.1, 0.15) is 29.4 Å². The second kappa shape index (κ2) is 5.87. The van der Waals surface area contributed by atoms with Crippen LogP contribution >= 0.6 is 0 Å². The van der Waals surface area contributed by atoms with Crippen molar-refractivity contribution < 1.29 is 4.42 Å². The Morgan fingerprint density at radius 2 is 2.00 bits per heavy atom. The lowest BCUT2D eigenvalue weighted by Crippen LogP contribution is -2.27. The number of nitrogens with one attached hydrogen (secondary N) is 1. The van der Waals surface area contributed by atoms with Gasteiger partial charge in [0.25, 0.3) is 0 Å². The van der Waals surface area contributed by atoms with Crippen molar-refractivity contribution >= 4 is 0 Å². The summed E-state index contributed by atoms with van der Waals surface area (Å²) in [5.74, 6) is 1.04. The lowest BCUT2D eigenvalue weighted by Gasteiger charge is -2.13. The molecule has 96 valence electrons. The highest BCUT2D eigenvalue weighted by Gasteiger charge is 2.05. The average Bonchev–Trinajstić information content (AvgIpc) is 2.83. The third-order valence-corrected chi connectivity index (χ3v) is 3.31. The Balaban J connectivity index is 1.85. The maximum absolute atomic E-state index is 5.35. The highest BCUT2D eigenvalue weighted by atomic mass is 16.3. The smallest absolute Gasteiger partial charge is 0.105 e. The Bertz CT molecular complexity index is 488. The van der Waals surface area contributed by atoms with Gasteiger partial charge in [-0.25, -0.2) is 0 Å². The molecule has 0 spiro atoms. The van der Waals surface area contributed by atoms with E-state index < -0.39 is 0 Å². The van der Waals surface area contributed by atoms with Gasteiger partial charge in [0, 0.05) is 19.0 Å². The van der Waals surface area contributed by atoms with E-state index in [0.29, 0.717) is 6.04 Å². The van der Waals surface area contributed by atoms with E-state index in [-0.39, 0.29) is 0 Å². The molecule has 1 aromatic carbocycles. The fourth-order valence-corrected chi connectivity index (χ4v) is 2.01. The number of benzene rings is 1. The molecular weight excluding hydrogens is 222 g/mol. The molecule has 1 unspecified atom stereocenters. The zero-order valence-electron chi connectivity index (χ0n) is 11.4. The highest BCUT2D eigenvalue weighted by Crippen LogP contribution is 2.10. The SMILES string of the molecule is Cc1ccc(CNC(C)Cc2ccco2)cc1C. The predicted octanol–water partition coefficient (Wildman–Crippen LogP) is 3.62. The summed E-state index contributed by atoms with van der Waals surface area (Å²) < 4.78 is 5.35. The fourth-order valence-electron chi connectivity index (χ4n) is 2.01. The van der Waals surface area contributed by atoms with Crippen LogP contribution in [0.3, 0.4) is 0 Å². The minimum atomic E-state index is 0.415. The van der Waals surface area contributed by atoms with Crippen molar-refractivity contribution in [3.63, 3.8) is 0 Å². The van der Waals surface area contributed by atoms with Crippen molar-refractivity contribution in [2.75, 3.05) is 0 Å². The van der Waals surface area contributed by atoms with Crippen molar-refractivity contribution in [3.8, 4) is 0 Å². The molecule has 0 bridgehead atoms. The molecule has 0 radical (unpaired) electrons. The summed E-state index contributed by atoms with van der Waals surface area (Å²) in [5.41, 5.74) is 4.04. The fraction of sp³-hybridized carbons (Fsp3) is 0.375. The minimum Gasteiger partial charge on any atom is -0.469 e. The van der Waals surface area contributed by atoms with Crippen LogP contribution in [0.15, 0.2) is 41.0 Å². The lowest BCUT2D eigenvalue weighted by atomic mass is 10.1. The first kappa shape index (κ1) is 12.9. The summed E-state index contributed by atoms with van der Waals surface area (Å²) in [5, 5.41) is 3.52. The second-order valence-corrected chi connectivity index (χ2v) is 4.98. The number of rotatable bonds is 5. The Kier molecular flexibility index (Phi) is 4.21. The van der Waals surface area contributed by atoms with Crippen molar-refractivity contribution in [3.05, 3.63) is 59.0 Å². The first-order valence-corrected chi connectivity index (χ1v) is 6.47. The molecule has 0 aliphatic rings. The van der Waals surface area contributed by atoms with Crippen molar-refractivity contribution in [2.45, 2.75) is 39.8 Å². The summed E-state index contributed by atoms with van der Waals surface area (Å²) >= 11 is 0. The first-order valence-electron chi connectivity index (χ1n) is 6.47. The summed E-state index contributed by atoms with van der Waals surface area (Å²) in [6.45, 7) is 7.39. The zero-order chi connectivity index (χ0) is 13.0. The molecule has 0 saturated carbocycles. The minimum absolute atomic E-state index is 0.415. The van der Waals surface area contributed by atoms with Crippen LogP contribution in [0.4, 0.5) is 0 Å². The van der Waals surface area contributed by atoms with E-state index in [1.54, 1.807) is 6.26 Å². The molecule has 2 nitrogen and oxygen atoms in total. The quantitative estimate of drug-likeness (QED) is 0.867. The van der Waals surface area contributed by atoms with Crippen LogP contribution in [-0.2, 0) is 13.0 Å². The van der Waals surface area contributed by atoms with Gasteiger partial charge in [-0.1, -0.05) is 18.2 Å². The topological polar surface area (TPSA) is 25.2 Å². The lowest BCUT2D eigenvalue weighted by molar-refractivity contribution is 0.456. The Hall–Kier alpha value is -1.54. The van der Waals surface area contributed by atoms with Gasteiger partial charge in [0.15, 0.2) is 0 Å². The van der Waals surface area contributed by atoms with Crippen LogP contribution in [0.25, 0.3) is 0 Å². The van der Waals surface area contributed by atoms with Gasteiger partial charge >= 0.3 is 0 Å². The van der Waals surface area contributed by atoms with Crippen LogP contribution in [-0.4, -0.2) is 6.04 Å². The number of aryl methyl sites for hydroxylation is 2. The van der Waals surface area contributed by atoms with E-state index in [4.69, 9.17) is 4.42 Å². The van der Waals surface area contributed by atoms with Crippen LogP contribution in [0, 0.1) is 13.8 Å². The van der Waals surface area contributed by atoms with E-state index in [2.05, 4.69) is 44.3 Å². The Morgan fingerprint density at radius 3 is 2.67 bits per heavy atom. The maximum Gasteiger partial charge on any atom is 0.105 e. The van der Waals surface area contributed by atoms with E-state index in [9.17, 15) is 0 Å². The van der Waals surface area contributed by atoms with E-state index >= 15 is 0 Å². The molecule has 0 amide bonds. The molecule has 0 aliphatic heterocycles. The van der Waals surface area contributed by atoms with E-state index in [1.165, 1.54) is 16.7 Å². The maximum atomic E-state index is 5.35. The van der Waals surface area contributed by atoms with Gasteiger partial charge in [0.05, 0.1) is 6.26 Å². The molecule has 0 fully saturated rings. The van der Waals surface area contributed by atoms with Crippen LogP contribution in [0.5, 0.6) is 0 Å². The normalized spacial score (nSPS) is 12.6. The van der Waals surface area contributed by atoms with Crippen molar-refractivity contribution in [1.29, 1.82) is 0 Å². The Labute approximate surface area is 109 Å². The zero-order valence-corrected chi connectivity index (χ0v) is 11.4. The van der Waals surface area contributed by atoms with E-state index in [0.717, 1.165) is 18.7 Å². The highest BCUT2D eigenvalue weighted by molar-refractivity contribution is 5.29. The largest absolute Gasteiger partial charge is 0.469 e. The molecule has 0 aliphatic carbocycles. The molecule has 18 heavy (non-hydrogen) atoms. The molecule has 0 saturated heterocycles. The molecule has 1 N–H and O–H groups in total. The second-order valence-electron chi connectivity index (χ2n) is 4.98. The van der Waals surface area contributed by atoms with Crippen LogP contribution < -0.4 is 5.32 Å². The standard InChI is InChI=1S/C16H21NO/c1-12-6-7-15(9-13(12)2)11-17-14(3)10-16-5-4-8-18-16/h4-9,14,17H,10-11H2,1-3H3. The van der Waals surface area contributed by atoms with Gasteiger partial charge in [-0.3, -0.25) is 0 Å². The van der Waals surface area contributed by atoms with Gasteiger partial charge in [0.1, 0.15) is 5.76 Å². The van der Waals surface area contributed by atoms with E-state index in [1.807, 2.05) is 12.1 Å². The summed E-state index contributed by atoms with van der Waals surface area (Å²) in [4.78, 5) is 0. The van der Waals surface area contributed by atoms with Gasteiger partial charge in [-0.15, -0.1) is 0 Å². The third kappa shape index (κ3) is 3.47. The molecule has 2 rings (SSSR count). The van der Waals surface area contributed by atoms with Gasteiger partial charge in [0.2, 0.25) is 0 Å². The predicted molar refractivity (Wildman–Crippen MR) is 74.6 cm³/mol. The molecule has 1 aromatic heterocycles. The summed E-state index contributed by atoms with van der Waals surface area (Å²) in [7, 11) is 0. The Morgan fingerprint density at radius 1 is 1.17 bits per heavy atom. The number of hydrogen-bond donors (Lipinski definition) is 1. The first-order chi connectivity index (χ1) is 8.65. The monoisotopic (exact) mass is 243 g/mol. The summed E-state index contributed by atoms with van der Waals surface area (Å²) in [6.07, 6.45) is 2.66. The third-order valence-electron chi connectivity index (χ3n) is 3.31. The van der Waals surface area contributed by atoms with Crippen molar-refractivity contribution in [1.82, 2.24) is 5.32 Å². The molecule has 2 aromatic rings. The van der Waals surface area contributed by atoms with Gasteiger partial charge in [-0.05, 0) is 49.6 Å². The number of furan rings is 1. The number of hydrogen-bond acceptors (Lipinski definition) is 2. The molecule has 1 atom stereocenters. The van der Waals surface area contributed by atoms with Gasteiger partial charge in [-0.2, -0.15) is 0 Å². The molecular formula is C16H21NO. The molecule has 2 heteroatoms.